The molecule has 11 nitrogen and oxygen atoms in total. The maximum atomic E-state index is 11.8. The fourth-order valence-electron chi connectivity index (χ4n) is 3.37. The Morgan fingerprint density at radius 3 is 1.74 bits per heavy atom. The van der Waals surface area contributed by atoms with Crippen LogP contribution in [0.4, 0.5) is 22.7 Å². The SMILES string of the molecule is COc1cc(C(N)=O)cc(N)c1NC/C=C/CNc1c(N)cc(C(N)=O)cc1OCCO[Si](C)(C)C(C)(C)C. The van der Waals surface area contributed by atoms with E-state index in [0.29, 0.717) is 60.6 Å². The predicted molar refractivity (Wildman–Crippen MR) is 160 cm³/mol. The number of benzene rings is 2. The molecule has 39 heavy (non-hydrogen) atoms. The first-order chi connectivity index (χ1) is 18.2. The van der Waals surface area contributed by atoms with Gasteiger partial charge in [0.25, 0.3) is 0 Å². The summed E-state index contributed by atoms with van der Waals surface area (Å²) in [6.45, 7) is 12.4. The van der Waals surface area contributed by atoms with Crippen molar-refractivity contribution in [3.05, 3.63) is 47.5 Å². The average molecular weight is 559 g/mol. The smallest absolute Gasteiger partial charge is 0.248 e. The highest BCUT2D eigenvalue weighted by Gasteiger charge is 2.36. The first-order valence-electron chi connectivity index (χ1n) is 12.6. The van der Waals surface area contributed by atoms with E-state index in [2.05, 4.69) is 44.5 Å². The third kappa shape index (κ3) is 8.55. The highest BCUT2D eigenvalue weighted by atomic mass is 28.4. The molecule has 214 valence electrons. The number of nitrogens with two attached hydrogens (primary N) is 4. The third-order valence-corrected chi connectivity index (χ3v) is 11.2. The third-order valence-electron chi connectivity index (χ3n) is 6.62. The molecular weight excluding hydrogens is 516 g/mol. The molecule has 0 aliphatic heterocycles. The van der Waals surface area contributed by atoms with Gasteiger partial charge in [-0.25, -0.2) is 0 Å². The van der Waals surface area contributed by atoms with Crippen LogP contribution in [0.3, 0.4) is 0 Å². The monoisotopic (exact) mass is 558 g/mol. The summed E-state index contributed by atoms with van der Waals surface area (Å²) in [5.74, 6) is -0.356. The van der Waals surface area contributed by atoms with E-state index in [0.717, 1.165) is 0 Å². The zero-order chi connectivity index (χ0) is 29.4. The van der Waals surface area contributed by atoms with Crippen LogP contribution >= 0.6 is 0 Å². The van der Waals surface area contributed by atoms with Gasteiger partial charge >= 0.3 is 0 Å². The van der Waals surface area contributed by atoms with E-state index in [1.807, 2.05) is 12.2 Å². The second-order valence-corrected chi connectivity index (χ2v) is 15.3. The molecule has 0 saturated carbocycles. The summed E-state index contributed by atoms with van der Waals surface area (Å²) >= 11 is 0. The number of amides is 2. The molecule has 2 aromatic rings. The first kappa shape index (κ1) is 31.3. The minimum absolute atomic E-state index is 0.0844. The summed E-state index contributed by atoms with van der Waals surface area (Å²) in [6, 6.07) is 6.11. The molecule has 0 bridgehead atoms. The molecule has 0 aliphatic carbocycles. The number of hydrogen-bond donors (Lipinski definition) is 6. The van der Waals surface area contributed by atoms with Gasteiger partial charge in [-0.2, -0.15) is 0 Å². The van der Waals surface area contributed by atoms with Crippen molar-refractivity contribution < 1.29 is 23.5 Å². The van der Waals surface area contributed by atoms with E-state index >= 15 is 0 Å². The zero-order valence-electron chi connectivity index (χ0n) is 23.6. The number of rotatable bonds is 14. The molecule has 0 aromatic heterocycles. The number of carbonyl (C=O) groups excluding carboxylic acids is 2. The maximum absolute atomic E-state index is 11.8. The van der Waals surface area contributed by atoms with Crippen LogP contribution in [0.15, 0.2) is 36.4 Å². The Hall–Kier alpha value is -3.90. The molecule has 0 spiro atoms. The summed E-state index contributed by atoms with van der Waals surface area (Å²) in [5, 5.41) is 6.49. The summed E-state index contributed by atoms with van der Waals surface area (Å²) < 4.78 is 17.5. The second kappa shape index (κ2) is 13.2. The summed E-state index contributed by atoms with van der Waals surface area (Å²) in [6.07, 6.45) is 3.77. The van der Waals surface area contributed by atoms with Gasteiger partial charge in [0, 0.05) is 24.2 Å². The molecule has 2 amide bonds. The van der Waals surface area contributed by atoms with Crippen molar-refractivity contribution in [1.82, 2.24) is 0 Å². The minimum atomic E-state index is -1.92. The van der Waals surface area contributed by atoms with E-state index in [9.17, 15) is 9.59 Å². The molecule has 0 aliphatic rings. The number of methoxy groups -OCH3 is 1. The Morgan fingerprint density at radius 2 is 1.31 bits per heavy atom. The van der Waals surface area contributed by atoms with Crippen LogP contribution in [0.25, 0.3) is 0 Å². The van der Waals surface area contributed by atoms with Gasteiger partial charge in [0.2, 0.25) is 11.8 Å². The fourth-order valence-corrected chi connectivity index (χ4v) is 4.39. The number of primary amides is 2. The molecule has 0 atom stereocenters. The van der Waals surface area contributed by atoms with Crippen LogP contribution in [0.5, 0.6) is 11.5 Å². The highest BCUT2D eigenvalue weighted by molar-refractivity contribution is 6.74. The number of anilines is 4. The molecule has 10 N–H and O–H groups in total. The van der Waals surface area contributed by atoms with E-state index in [1.54, 1.807) is 6.07 Å². The van der Waals surface area contributed by atoms with Crippen molar-refractivity contribution >= 4 is 42.9 Å². The Labute approximate surface area is 231 Å². The van der Waals surface area contributed by atoms with Gasteiger partial charge in [-0.3, -0.25) is 9.59 Å². The van der Waals surface area contributed by atoms with Crippen LogP contribution in [0, 0.1) is 0 Å². The van der Waals surface area contributed by atoms with Gasteiger partial charge in [0.05, 0.1) is 25.1 Å². The number of nitrogens with one attached hydrogen (secondary N) is 2. The van der Waals surface area contributed by atoms with Crippen LogP contribution < -0.4 is 43.0 Å². The molecule has 0 radical (unpaired) electrons. The van der Waals surface area contributed by atoms with Crippen LogP contribution in [-0.4, -0.2) is 53.5 Å². The zero-order valence-corrected chi connectivity index (χ0v) is 24.6. The van der Waals surface area contributed by atoms with Gasteiger partial charge in [0.15, 0.2) is 8.32 Å². The lowest BCUT2D eigenvalue weighted by Gasteiger charge is -2.36. The lowest BCUT2D eigenvalue weighted by atomic mass is 10.1. The predicted octanol–water partition coefficient (Wildman–Crippen LogP) is 3.54. The van der Waals surface area contributed by atoms with Crippen molar-refractivity contribution in [2.24, 2.45) is 11.5 Å². The summed E-state index contributed by atoms with van der Waals surface area (Å²) in [4.78, 5) is 23.2. The van der Waals surface area contributed by atoms with Gasteiger partial charge in [-0.1, -0.05) is 32.9 Å². The normalized spacial score (nSPS) is 11.8. The van der Waals surface area contributed by atoms with Crippen LogP contribution in [0.2, 0.25) is 18.1 Å². The molecule has 0 unspecified atom stereocenters. The van der Waals surface area contributed by atoms with Crippen molar-refractivity contribution in [2.45, 2.75) is 38.9 Å². The second-order valence-electron chi connectivity index (χ2n) is 10.5. The van der Waals surface area contributed by atoms with Crippen molar-refractivity contribution in [3.63, 3.8) is 0 Å². The summed E-state index contributed by atoms with van der Waals surface area (Å²) in [7, 11) is -0.435. The van der Waals surface area contributed by atoms with Crippen LogP contribution in [0.1, 0.15) is 41.5 Å². The van der Waals surface area contributed by atoms with E-state index in [1.165, 1.54) is 25.3 Å². The van der Waals surface area contributed by atoms with Gasteiger partial charge in [-0.05, 0) is 42.4 Å². The van der Waals surface area contributed by atoms with Crippen molar-refractivity contribution in [2.75, 3.05) is 55.5 Å². The van der Waals surface area contributed by atoms with Crippen molar-refractivity contribution in [3.8, 4) is 11.5 Å². The Balaban J connectivity index is 2.03. The lowest BCUT2D eigenvalue weighted by molar-refractivity contribution is 0.0991. The summed E-state index contributed by atoms with van der Waals surface area (Å²) in [5.41, 5.74) is 25.4. The highest BCUT2D eigenvalue weighted by Crippen LogP contribution is 2.37. The van der Waals surface area contributed by atoms with Crippen LogP contribution in [-0.2, 0) is 4.43 Å². The maximum Gasteiger partial charge on any atom is 0.248 e. The molecular formula is C27H42N6O5Si. The number of hydrogen-bond acceptors (Lipinski definition) is 9. The average Bonchev–Trinajstić information content (AvgIpc) is 2.84. The Bertz CT molecular complexity index is 1210. The molecule has 0 heterocycles. The molecule has 0 saturated heterocycles. The van der Waals surface area contributed by atoms with Crippen molar-refractivity contribution in [1.29, 1.82) is 0 Å². The van der Waals surface area contributed by atoms with Gasteiger partial charge in [0.1, 0.15) is 29.5 Å². The molecule has 12 heteroatoms. The Morgan fingerprint density at radius 1 is 0.846 bits per heavy atom. The van der Waals surface area contributed by atoms with E-state index < -0.39 is 20.1 Å². The number of ether oxygens (including phenoxy) is 2. The standard InChI is InChI=1S/C27H42N6O5Si/c1-27(2,3)39(5,6)38-12-11-37-22-16-18(26(31)35)14-20(29)24(22)33-10-8-7-9-32-23-19(28)13-17(25(30)34)15-21(23)36-4/h7-8,13-16,32-33H,9-12,28-29H2,1-6H3,(H2,30,34)(H2,31,35)/b8-7+. The fraction of sp³-hybridized carbons (Fsp3) is 0.407. The molecule has 2 rings (SSSR count). The Kier molecular flexibility index (Phi) is 10.6. The minimum Gasteiger partial charge on any atom is -0.494 e. The quantitative estimate of drug-likeness (QED) is 0.0871. The number of nitrogen functional groups attached to an aromatic ring is 2. The largest absolute Gasteiger partial charge is 0.494 e. The molecule has 0 fully saturated rings. The van der Waals surface area contributed by atoms with E-state index in [-0.39, 0.29) is 16.2 Å². The topological polar surface area (TPSA) is 190 Å². The first-order valence-corrected chi connectivity index (χ1v) is 15.5. The van der Waals surface area contributed by atoms with Gasteiger partial charge in [-0.15, -0.1) is 0 Å². The molecule has 2 aromatic carbocycles. The number of carbonyl (C=O) groups is 2. The van der Waals surface area contributed by atoms with Gasteiger partial charge < -0.3 is 47.5 Å². The lowest BCUT2D eigenvalue weighted by Crippen LogP contribution is -2.41. The van der Waals surface area contributed by atoms with E-state index in [4.69, 9.17) is 36.8 Å².